The predicted octanol–water partition coefficient (Wildman–Crippen LogP) is 0.543. The third-order valence-corrected chi connectivity index (χ3v) is 1.22. The van der Waals surface area contributed by atoms with Crippen LogP contribution in [0.25, 0.3) is 0 Å². The van der Waals surface area contributed by atoms with E-state index in [0.29, 0.717) is 0 Å². The first-order valence-corrected chi connectivity index (χ1v) is 4.33. The van der Waals surface area contributed by atoms with Gasteiger partial charge in [0.1, 0.15) is 12.4 Å². The number of esters is 2. The molecule has 84 valence electrons. The van der Waals surface area contributed by atoms with Gasteiger partial charge < -0.3 is 14.6 Å². The number of carbonyl (C=O) groups excluding carboxylic acids is 2. The lowest BCUT2D eigenvalue weighted by atomic mass is 10.4. The van der Waals surface area contributed by atoms with Crippen LogP contribution in [0.5, 0.6) is 0 Å². The molecule has 5 heteroatoms. The van der Waals surface area contributed by atoms with Crippen molar-refractivity contribution in [1.29, 1.82) is 0 Å². The SMILES string of the molecule is C=CC(=O)OC(C)=CC(=O)OCC(C)O. The van der Waals surface area contributed by atoms with Crippen molar-refractivity contribution in [3.63, 3.8) is 0 Å². The molecule has 15 heavy (non-hydrogen) atoms. The topological polar surface area (TPSA) is 72.8 Å². The van der Waals surface area contributed by atoms with E-state index in [4.69, 9.17) is 5.11 Å². The highest BCUT2D eigenvalue weighted by Crippen LogP contribution is 1.98. The third kappa shape index (κ3) is 7.45. The molecule has 0 aliphatic carbocycles. The number of carbonyl (C=O) groups is 2. The van der Waals surface area contributed by atoms with Crippen LogP contribution in [0.3, 0.4) is 0 Å². The summed E-state index contributed by atoms with van der Waals surface area (Å²) < 4.78 is 9.22. The lowest BCUT2D eigenvalue weighted by Gasteiger charge is -2.04. The highest BCUT2D eigenvalue weighted by molar-refractivity contribution is 5.85. The fourth-order valence-corrected chi connectivity index (χ4v) is 0.640. The molecule has 0 aromatic heterocycles. The van der Waals surface area contributed by atoms with E-state index in [2.05, 4.69) is 16.1 Å². The number of aliphatic hydroxyl groups is 1. The largest absolute Gasteiger partial charge is 0.460 e. The number of hydrogen-bond donors (Lipinski definition) is 1. The van der Waals surface area contributed by atoms with E-state index in [1.807, 2.05) is 0 Å². The van der Waals surface area contributed by atoms with Crippen molar-refractivity contribution in [1.82, 2.24) is 0 Å². The van der Waals surface area contributed by atoms with Crippen LogP contribution >= 0.6 is 0 Å². The minimum Gasteiger partial charge on any atom is -0.460 e. The van der Waals surface area contributed by atoms with E-state index in [9.17, 15) is 9.59 Å². The van der Waals surface area contributed by atoms with Gasteiger partial charge in [0.2, 0.25) is 0 Å². The summed E-state index contributed by atoms with van der Waals surface area (Å²) in [5.41, 5.74) is 0. The molecule has 5 nitrogen and oxygen atoms in total. The van der Waals surface area contributed by atoms with Crippen LogP contribution in [0.15, 0.2) is 24.5 Å². The number of ether oxygens (including phenoxy) is 2. The summed E-state index contributed by atoms with van der Waals surface area (Å²) in [5, 5.41) is 8.82. The molecular weight excluding hydrogens is 200 g/mol. The Morgan fingerprint density at radius 1 is 1.47 bits per heavy atom. The third-order valence-electron chi connectivity index (χ3n) is 1.22. The van der Waals surface area contributed by atoms with Gasteiger partial charge in [0.15, 0.2) is 0 Å². The lowest BCUT2D eigenvalue weighted by Crippen LogP contribution is -2.14. The molecule has 1 atom stereocenters. The molecule has 0 fully saturated rings. The van der Waals surface area contributed by atoms with Crippen LogP contribution in [-0.2, 0) is 19.1 Å². The van der Waals surface area contributed by atoms with Gasteiger partial charge in [-0.1, -0.05) is 6.58 Å². The summed E-state index contributed by atoms with van der Waals surface area (Å²) in [4.78, 5) is 21.7. The highest BCUT2D eigenvalue weighted by Gasteiger charge is 2.04. The quantitative estimate of drug-likeness (QED) is 0.411. The average Bonchev–Trinajstić information content (AvgIpc) is 2.14. The summed E-state index contributed by atoms with van der Waals surface area (Å²) in [6.45, 7) is 6.03. The number of allylic oxidation sites excluding steroid dienone is 1. The molecular formula is C10H14O5. The van der Waals surface area contributed by atoms with Gasteiger partial charge in [-0.05, 0) is 13.8 Å². The molecule has 0 rings (SSSR count). The van der Waals surface area contributed by atoms with E-state index in [-0.39, 0.29) is 12.4 Å². The second kappa shape index (κ2) is 6.78. The molecule has 0 saturated carbocycles. The van der Waals surface area contributed by atoms with E-state index < -0.39 is 18.0 Å². The van der Waals surface area contributed by atoms with Crippen molar-refractivity contribution >= 4 is 11.9 Å². The molecule has 1 N–H and O–H groups in total. The van der Waals surface area contributed by atoms with Crippen molar-refractivity contribution in [3.05, 3.63) is 24.5 Å². The second-order valence-electron chi connectivity index (χ2n) is 2.86. The van der Waals surface area contributed by atoms with Crippen LogP contribution < -0.4 is 0 Å². The first-order valence-electron chi connectivity index (χ1n) is 4.33. The Kier molecular flexibility index (Phi) is 6.05. The van der Waals surface area contributed by atoms with Gasteiger partial charge in [-0.2, -0.15) is 0 Å². The number of hydrogen-bond acceptors (Lipinski definition) is 5. The van der Waals surface area contributed by atoms with Crippen molar-refractivity contribution in [2.24, 2.45) is 0 Å². The Labute approximate surface area is 88.0 Å². The molecule has 0 spiro atoms. The maximum atomic E-state index is 11.0. The van der Waals surface area contributed by atoms with E-state index in [1.165, 1.54) is 13.8 Å². The molecule has 0 radical (unpaired) electrons. The van der Waals surface area contributed by atoms with E-state index >= 15 is 0 Å². The van der Waals surface area contributed by atoms with Gasteiger partial charge in [-0.25, -0.2) is 9.59 Å². The van der Waals surface area contributed by atoms with Crippen LogP contribution in [0, 0.1) is 0 Å². The predicted molar refractivity (Wildman–Crippen MR) is 52.7 cm³/mol. The Hall–Kier alpha value is -1.62. The van der Waals surface area contributed by atoms with Gasteiger partial charge >= 0.3 is 11.9 Å². The maximum Gasteiger partial charge on any atom is 0.335 e. The zero-order valence-corrected chi connectivity index (χ0v) is 8.73. The average molecular weight is 214 g/mol. The van der Waals surface area contributed by atoms with E-state index in [1.54, 1.807) is 0 Å². The highest BCUT2D eigenvalue weighted by atomic mass is 16.6. The Morgan fingerprint density at radius 2 is 2.07 bits per heavy atom. The lowest BCUT2D eigenvalue weighted by molar-refractivity contribution is -0.140. The summed E-state index contributed by atoms with van der Waals surface area (Å²) in [7, 11) is 0. The summed E-state index contributed by atoms with van der Waals surface area (Å²) in [6, 6.07) is 0. The van der Waals surface area contributed by atoms with Crippen molar-refractivity contribution in [3.8, 4) is 0 Å². The molecule has 0 aliphatic heterocycles. The van der Waals surface area contributed by atoms with Crippen molar-refractivity contribution < 1.29 is 24.2 Å². The molecule has 0 amide bonds. The molecule has 0 saturated heterocycles. The summed E-state index contributed by atoms with van der Waals surface area (Å²) in [5.74, 6) is -1.21. The monoisotopic (exact) mass is 214 g/mol. The van der Waals surface area contributed by atoms with Gasteiger partial charge in [-0.15, -0.1) is 0 Å². The van der Waals surface area contributed by atoms with Crippen LogP contribution in [-0.4, -0.2) is 29.8 Å². The zero-order valence-electron chi connectivity index (χ0n) is 8.73. The molecule has 0 aromatic carbocycles. The maximum absolute atomic E-state index is 11.0. The molecule has 0 aromatic rings. The summed E-state index contributed by atoms with van der Waals surface area (Å²) >= 11 is 0. The second-order valence-corrected chi connectivity index (χ2v) is 2.86. The normalized spacial score (nSPS) is 12.9. The summed E-state index contributed by atoms with van der Waals surface area (Å²) in [6.07, 6.45) is 1.28. The van der Waals surface area contributed by atoms with Crippen LogP contribution in [0.4, 0.5) is 0 Å². The minimum absolute atomic E-state index is 0.0992. The van der Waals surface area contributed by atoms with Crippen LogP contribution in [0.2, 0.25) is 0 Å². The zero-order chi connectivity index (χ0) is 11.8. The Bertz CT molecular complexity index is 278. The van der Waals surface area contributed by atoms with Gasteiger partial charge in [0.25, 0.3) is 0 Å². The fraction of sp³-hybridized carbons (Fsp3) is 0.400. The molecule has 0 aliphatic rings. The van der Waals surface area contributed by atoms with Crippen molar-refractivity contribution in [2.75, 3.05) is 6.61 Å². The first-order chi connectivity index (χ1) is 6.95. The smallest absolute Gasteiger partial charge is 0.335 e. The fourth-order valence-electron chi connectivity index (χ4n) is 0.640. The standard InChI is InChI=1S/C10H14O5/c1-4-9(12)15-8(3)5-10(13)14-6-7(2)11/h4-5,7,11H,1,6H2,2-3H3. The number of aliphatic hydroxyl groups excluding tert-OH is 1. The molecule has 1 unspecified atom stereocenters. The minimum atomic E-state index is -0.724. The molecule has 0 bridgehead atoms. The Balaban J connectivity index is 4.06. The van der Waals surface area contributed by atoms with E-state index in [0.717, 1.165) is 12.2 Å². The molecule has 0 heterocycles. The van der Waals surface area contributed by atoms with Gasteiger partial charge in [0.05, 0.1) is 12.2 Å². The Morgan fingerprint density at radius 3 is 2.53 bits per heavy atom. The van der Waals surface area contributed by atoms with Crippen LogP contribution in [0.1, 0.15) is 13.8 Å². The number of rotatable bonds is 5. The van der Waals surface area contributed by atoms with Gasteiger partial charge in [-0.3, -0.25) is 0 Å². The first kappa shape index (κ1) is 13.4. The van der Waals surface area contributed by atoms with Crippen molar-refractivity contribution in [2.45, 2.75) is 20.0 Å². The van der Waals surface area contributed by atoms with Gasteiger partial charge in [0, 0.05) is 6.08 Å².